The topological polar surface area (TPSA) is 39.7 Å². The lowest BCUT2D eigenvalue weighted by Crippen LogP contribution is -2.44. The minimum atomic E-state index is 0. The van der Waals surface area contributed by atoms with Gasteiger partial charge in [0.15, 0.2) is 5.96 Å². The van der Waals surface area contributed by atoms with Gasteiger partial charge in [0, 0.05) is 37.2 Å². The van der Waals surface area contributed by atoms with E-state index >= 15 is 0 Å². The number of para-hydroxylation sites is 1. The molecule has 0 saturated carbocycles. The molecule has 1 aromatic rings. The maximum absolute atomic E-state index is 4.31. The molecule has 6 heteroatoms. The molecule has 1 aromatic carbocycles. The highest BCUT2D eigenvalue weighted by Crippen LogP contribution is 2.28. The highest BCUT2D eigenvalue weighted by molar-refractivity contribution is 14.0. The van der Waals surface area contributed by atoms with Gasteiger partial charge in [-0.15, -0.1) is 24.0 Å². The van der Waals surface area contributed by atoms with E-state index in [9.17, 15) is 0 Å². The molecule has 4 nitrogen and oxygen atoms in total. The molecular weight excluding hydrogens is 455 g/mol. The Morgan fingerprint density at radius 1 is 1.41 bits per heavy atom. The number of benzene rings is 1. The van der Waals surface area contributed by atoms with Crippen molar-refractivity contribution in [3.63, 3.8) is 0 Å². The maximum atomic E-state index is 4.31. The lowest BCUT2D eigenvalue weighted by molar-refractivity contribution is 0.641. The summed E-state index contributed by atoms with van der Waals surface area (Å²) in [6, 6.07) is 8.86. The van der Waals surface area contributed by atoms with Gasteiger partial charge in [0.05, 0.1) is 5.69 Å². The first kappa shape index (κ1) is 19.5. The summed E-state index contributed by atoms with van der Waals surface area (Å²) in [5, 5.41) is 6.90. The van der Waals surface area contributed by atoms with Gasteiger partial charge >= 0.3 is 0 Å². The van der Waals surface area contributed by atoms with E-state index < -0.39 is 0 Å². The Bertz CT molecular complexity index is 481. The zero-order valence-electron chi connectivity index (χ0n) is 13.3. The zero-order chi connectivity index (χ0) is 15.1. The third-order valence-corrected chi connectivity index (χ3v) is 4.44. The van der Waals surface area contributed by atoms with Crippen LogP contribution in [0.3, 0.4) is 0 Å². The standard InChI is InChI=1S/C16H25BrN4.HI/c1-3-4-10-19-16(18-2)20-13-9-11-21(12-13)15-8-6-5-7-14(15)17;/h5-8,13H,3-4,9-12H2,1-2H3,(H2,18,19,20);1H. The SMILES string of the molecule is CCCCNC(=NC)NC1CCN(c2ccccc2Br)C1.I. The Hall–Kier alpha value is -0.500. The van der Waals surface area contributed by atoms with Crippen molar-refractivity contribution in [1.29, 1.82) is 0 Å². The Labute approximate surface area is 159 Å². The highest BCUT2D eigenvalue weighted by atomic mass is 127. The molecular formula is C16H26BrIN4. The van der Waals surface area contributed by atoms with E-state index in [4.69, 9.17) is 0 Å². The predicted molar refractivity (Wildman–Crippen MR) is 110 cm³/mol. The molecule has 2 N–H and O–H groups in total. The van der Waals surface area contributed by atoms with Crippen LogP contribution in [0.4, 0.5) is 5.69 Å². The second-order valence-corrected chi connectivity index (χ2v) is 6.23. The van der Waals surface area contributed by atoms with Crippen LogP contribution in [0.1, 0.15) is 26.2 Å². The van der Waals surface area contributed by atoms with E-state index in [1.54, 1.807) is 0 Å². The lowest BCUT2D eigenvalue weighted by atomic mass is 10.2. The van der Waals surface area contributed by atoms with E-state index in [2.05, 4.69) is 67.6 Å². The van der Waals surface area contributed by atoms with Gasteiger partial charge in [0.1, 0.15) is 0 Å². The largest absolute Gasteiger partial charge is 0.368 e. The van der Waals surface area contributed by atoms with Crippen molar-refractivity contribution >= 4 is 51.6 Å². The van der Waals surface area contributed by atoms with Crippen molar-refractivity contribution in [2.45, 2.75) is 32.2 Å². The fourth-order valence-corrected chi connectivity index (χ4v) is 3.11. The molecule has 0 amide bonds. The van der Waals surface area contributed by atoms with Gasteiger partial charge in [0.2, 0.25) is 0 Å². The number of hydrogen-bond donors (Lipinski definition) is 2. The molecule has 1 saturated heterocycles. The smallest absolute Gasteiger partial charge is 0.191 e. The number of nitrogens with one attached hydrogen (secondary N) is 2. The van der Waals surface area contributed by atoms with Gasteiger partial charge in [-0.05, 0) is 40.9 Å². The predicted octanol–water partition coefficient (Wildman–Crippen LogP) is 3.61. The molecule has 124 valence electrons. The number of rotatable bonds is 5. The van der Waals surface area contributed by atoms with E-state index in [-0.39, 0.29) is 24.0 Å². The number of anilines is 1. The first-order chi connectivity index (χ1) is 10.2. The van der Waals surface area contributed by atoms with Gasteiger partial charge in [-0.25, -0.2) is 0 Å². The van der Waals surface area contributed by atoms with Crippen LogP contribution in [0.5, 0.6) is 0 Å². The van der Waals surface area contributed by atoms with Crippen LogP contribution in [0, 0.1) is 0 Å². The molecule has 1 unspecified atom stereocenters. The Balaban J connectivity index is 0.00000242. The molecule has 0 spiro atoms. The van der Waals surface area contributed by atoms with Crippen molar-refractivity contribution < 1.29 is 0 Å². The molecule has 0 aliphatic carbocycles. The fourth-order valence-electron chi connectivity index (χ4n) is 2.58. The van der Waals surface area contributed by atoms with Gasteiger partial charge in [-0.2, -0.15) is 0 Å². The van der Waals surface area contributed by atoms with Crippen LogP contribution < -0.4 is 15.5 Å². The average molecular weight is 481 g/mol. The molecule has 1 heterocycles. The Morgan fingerprint density at radius 3 is 2.86 bits per heavy atom. The molecule has 1 fully saturated rings. The summed E-state index contributed by atoms with van der Waals surface area (Å²) in [4.78, 5) is 6.72. The highest BCUT2D eigenvalue weighted by Gasteiger charge is 2.24. The monoisotopic (exact) mass is 480 g/mol. The molecule has 2 rings (SSSR count). The first-order valence-corrected chi connectivity index (χ1v) is 8.50. The van der Waals surface area contributed by atoms with Crippen molar-refractivity contribution in [3.8, 4) is 0 Å². The summed E-state index contributed by atoms with van der Waals surface area (Å²) in [6.07, 6.45) is 3.51. The average Bonchev–Trinajstić information content (AvgIpc) is 2.95. The second-order valence-electron chi connectivity index (χ2n) is 5.38. The Kier molecular flexibility index (Phi) is 9.16. The van der Waals surface area contributed by atoms with Crippen LogP contribution in [0.25, 0.3) is 0 Å². The summed E-state index contributed by atoms with van der Waals surface area (Å²) < 4.78 is 1.16. The second kappa shape index (κ2) is 10.3. The van der Waals surface area contributed by atoms with Gasteiger partial charge < -0.3 is 15.5 Å². The van der Waals surface area contributed by atoms with E-state index in [1.807, 2.05) is 7.05 Å². The van der Waals surface area contributed by atoms with Crippen molar-refractivity contribution in [1.82, 2.24) is 10.6 Å². The molecule has 0 radical (unpaired) electrons. The van der Waals surface area contributed by atoms with Crippen molar-refractivity contribution in [2.24, 2.45) is 4.99 Å². The van der Waals surface area contributed by atoms with E-state index in [0.29, 0.717) is 6.04 Å². The van der Waals surface area contributed by atoms with E-state index in [1.165, 1.54) is 18.5 Å². The third-order valence-electron chi connectivity index (χ3n) is 3.77. The number of guanidine groups is 1. The molecule has 1 atom stereocenters. The molecule has 0 bridgehead atoms. The van der Waals surface area contributed by atoms with E-state index in [0.717, 1.165) is 36.5 Å². The third kappa shape index (κ3) is 5.61. The minimum Gasteiger partial charge on any atom is -0.368 e. The quantitative estimate of drug-likeness (QED) is 0.292. The lowest BCUT2D eigenvalue weighted by Gasteiger charge is -2.21. The summed E-state index contributed by atoms with van der Waals surface area (Å²) in [5.74, 6) is 0.919. The van der Waals surface area contributed by atoms with Crippen LogP contribution in [0.15, 0.2) is 33.7 Å². The summed E-state index contributed by atoms with van der Waals surface area (Å²) in [6.45, 7) is 5.27. The number of hydrogen-bond acceptors (Lipinski definition) is 2. The summed E-state index contributed by atoms with van der Waals surface area (Å²) >= 11 is 3.63. The van der Waals surface area contributed by atoms with Crippen LogP contribution in [-0.2, 0) is 0 Å². The number of halogens is 2. The van der Waals surface area contributed by atoms with Crippen LogP contribution >= 0.6 is 39.9 Å². The molecule has 22 heavy (non-hydrogen) atoms. The maximum Gasteiger partial charge on any atom is 0.191 e. The van der Waals surface area contributed by atoms with Gasteiger partial charge in [-0.1, -0.05) is 25.5 Å². The van der Waals surface area contributed by atoms with Crippen LogP contribution in [-0.4, -0.2) is 38.7 Å². The summed E-state index contributed by atoms with van der Waals surface area (Å²) in [7, 11) is 1.84. The van der Waals surface area contributed by atoms with Crippen molar-refractivity contribution in [3.05, 3.63) is 28.7 Å². The number of unbranched alkanes of at least 4 members (excludes halogenated alkanes) is 1. The fraction of sp³-hybridized carbons (Fsp3) is 0.562. The zero-order valence-corrected chi connectivity index (χ0v) is 17.2. The van der Waals surface area contributed by atoms with Crippen LogP contribution in [0.2, 0.25) is 0 Å². The number of nitrogens with zero attached hydrogens (tertiary/aromatic N) is 2. The van der Waals surface area contributed by atoms with Gasteiger partial charge in [0.25, 0.3) is 0 Å². The Morgan fingerprint density at radius 2 is 2.18 bits per heavy atom. The molecule has 1 aliphatic rings. The number of aliphatic imine (C=N–C) groups is 1. The molecule has 1 aliphatic heterocycles. The normalized spacial score (nSPS) is 18.0. The van der Waals surface area contributed by atoms with Crippen molar-refractivity contribution in [2.75, 3.05) is 31.6 Å². The summed E-state index contributed by atoms with van der Waals surface area (Å²) in [5.41, 5.74) is 1.27. The molecule has 0 aromatic heterocycles. The first-order valence-electron chi connectivity index (χ1n) is 7.71. The van der Waals surface area contributed by atoms with Gasteiger partial charge in [-0.3, -0.25) is 4.99 Å². The minimum absolute atomic E-state index is 0.